The molecule has 6 heteroatoms. The van der Waals surface area contributed by atoms with Crippen LogP contribution in [0.1, 0.15) is 51.4 Å². The maximum atomic E-state index is 13.5. The smallest absolute Gasteiger partial charge is 0.100 e. The van der Waals surface area contributed by atoms with Crippen molar-refractivity contribution < 1.29 is 4.39 Å². The number of nitrogens with zero attached hydrogens (tertiary/aromatic N) is 2. The number of hydrazine groups is 1. The molecule has 2 heterocycles. The zero-order valence-electron chi connectivity index (χ0n) is 16.0. The predicted octanol–water partition coefficient (Wildman–Crippen LogP) is 2.77. The van der Waals surface area contributed by atoms with Crippen molar-refractivity contribution in [2.75, 3.05) is 39.3 Å². The van der Waals surface area contributed by atoms with Crippen molar-refractivity contribution in [2.45, 2.75) is 75.0 Å². The molecule has 0 aromatic heterocycles. The van der Waals surface area contributed by atoms with Crippen molar-refractivity contribution in [1.29, 1.82) is 0 Å². The first-order valence-corrected chi connectivity index (χ1v) is 11.4. The van der Waals surface area contributed by atoms with Crippen LogP contribution in [0.3, 0.4) is 0 Å². The third-order valence-corrected chi connectivity index (χ3v) is 7.75. The van der Waals surface area contributed by atoms with Crippen molar-refractivity contribution in [3.8, 4) is 0 Å². The Bertz CT molecular complexity index is 438. The van der Waals surface area contributed by atoms with Gasteiger partial charge in [-0.15, -0.1) is 11.6 Å². The number of rotatable bonds is 4. The van der Waals surface area contributed by atoms with Crippen molar-refractivity contribution in [1.82, 2.24) is 20.7 Å². The van der Waals surface area contributed by atoms with Gasteiger partial charge in [0.05, 0.1) is 0 Å². The van der Waals surface area contributed by atoms with E-state index in [2.05, 4.69) is 20.7 Å². The summed E-state index contributed by atoms with van der Waals surface area (Å²) in [6, 6.07) is 1.24. The lowest BCUT2D eigenvalue weighted by atomic mass is 9.79. The van der Waals surface area contributed by atoms with E-state index in [1.165, 1.54) is 58.4 Å². The highest BCUT2D eigenvalue weighted by atomic mass is 35.5. The molecule has 150 valence electrons. The average molecular weight is 387 g/mol. The third-order valence-electron chi connectivity index (χ3n) is 7.35. The molecule has 0 spiro atoms. The van der Waals surface area contributed by atoms with Gasteiger partial charge in [-0.05, 0) is 50.9 Å². The third kappa shape index (κ3) is 4.72. The highest BCUT2D eigenvalue weighted by Gasteiger charge is 2.37. The first-order chi connectivity index (χ1) is 12.7. The summed E-state index contributed by atoms with van der Waals surface area (Å²) in [5.74, 6) is 1.30. The second-order valence-corrected chi connectivity index (χ2v) is 9.69. The standard InChI is InChI=1S/C20H36ClFN4/c21-17-2-1-3-19(12-17)26-10-8-25(9-11-26)14-16-13-23-24-20(16)15-4-6-18(22)7-5-15/h15-20,23-24H,1-14H2. The van der Waals surface area contributed by atoms with Gasteiger partial charge in [0.2, 0.25) is 0 Å². The fourth-order valence-corrected chi connectivity index (χ4v) is 6.11. The van der Waals surface area contributed by atoms with Crippen molar-refractivity contribution in [3.63, 3.8) is 0 Å². The summed E-state index contributed by atoms with van der Waals surface area (Å²) in [5, 5.41) is 0.391. The summed E-state index contributed by atoms with van der Waals surface area (Å²) in [7, 11) is 0. The van der Waals surface area contributed by atoms with E-state index in [4.69, 9.17) is 11.6 Å². The summed E-state index contributed by atoms with van der Waals surface area (Å²) >= 11 is 6.40. The Morgan fingerprint density at radius 2 is 1.73 bits per heavy atom. The number of hydrogen-bond donors (Lipinski definition) is 2. The molecular weight excluding hydrogens is 351 g/mol. The van der Waals surface area contributed by atoms with E-state index in [0.29, 0.717) is 29.3 Å². The summed E-state index contributed by atoms with van der Waals surface area (Å²) in [5.41, 5.74) is 6.91. The van der Waals surface area contributed by atoms with Gasteiger partial charge in [0, 0.05) is 62.6 Å². The lowest BCUT2D eigenvalue weighted by Gasteiger charge is -2.42. The Morgan fingerprint density at radius 1 is 0.962 bits per heavy atom. The Morgan fingerprint density at radius 3 is 2.46 bits per heavy atom. The van der Waals surface area contributed by atoms with Crippen molar-refractivity contribution >= 4 is 11.6 Å². The quantitative estimate of drug-likeness (QED) is 0.727. The van der Waals surface area contributed by atoms with E-state index in [1.807, 2.05) is 0 Å². The van der Waals surface area contributed by atoms with Gasteiger partial charge < -0.3 is 4.90 Å². The highest BCUT2D eigenvalue weighted by Crippen LogP contribution is 2.33. The Balaban J connectivity index is 1.23. The van der Waals surface area contributed by atoms with Gasteiger partial charge in [0.15, 0.2) is 0 Å². The molecule has 0 bridgehead atoms. The molecule has 0 aromatic rings. The largest absolute Gasteiger partial charge is 0.300 e. The minimum atomic E-state index is -0.556. The van der Waals surface area contributed by atoms with Crippen LogP contribution in [0.25, 0.3) is 0 Å². The number of halogens is 2. The van der Waals surface area contributed by atoms with E-state index >= 15 is 0 Å². The molecule has 26 heavy (non-hydrogen) atoms. The predicted molar refractivity (Wildman–Crippen MR) is 105 cm³/mol. The first-order valence-electron chi connectivity index (χ1n) is 10.9. The van der Waals surface area contributed by atoms with E-state index in [9.17, 15) is 4.39 Å². The van der Waals surface area contributed by atoms with Crippen LogP contribution < -0.4 is 10.9 Å². The van der Waals surface area contributed by atoms with Crippen LogP contribution in [-0.2, 0) is 0 Å². The molecule has 4 fully saturated rings. The van der Waals surface area contributed by atoms with Gasteiger partial charge in [-0.1, -0.05) is 6.42 Å². The monoisotopic (exact) mass is 386 g/mol. The van der Waals surface area contributed by atoms with Crippen LogP contribution in [0.15, 0.2) is 0 Å². The van der Waals surface area contributed by atoms with Crippen LogP contribution in [0.2, 0.25) is 0 Å². The minimum absolute atomic E-state index is 0.391. The molecule has 4 aliphatic rings. The maximum Gasteiger partial charge on any atom is 0.100 e. The van der Waals surface area contributed by atoms with Crippen molar-refractivity contribution in [2.24, 2.45) is 11.8 Å². The number of hydrogen-bond acceptors (Lipinski definition) is 4. The van der Waals surface area contributed by atoms with E-state index in [1.54, 1.807) is 0 Å². The van der Waals surface area contributed by atoms with Gasteiger partial charge in [0.1, 0.15) is 6.17 Å². The average Bonchev–Trinajstić information content (AvgIpc) is 3.11. The van der Waals surface area contributed by atoms with Gasteiger partial charge in [-0.3, -0.25) is 15.8 Å². The SMILES string of the molecule is FC1CCC(C2NNCC2CN2CCN(C3CCCC(Cl)C3)CC2)CC1. The van der Waals surface area contributed by atoms with Crippen LogP contribution in [0, 0.1) is 11.8 Å². The van der Waals surface area contributed by atoms with Crippen LogP contribution >= 0.6 is 11.6 Å². The molecule has 2 aliphatic carbocycles. The van der Waals surface area contributed by atoms with Crippen LogP contribution in [-0.4, -0.2) is 72.7 Å². The molecule has 4 atom stereocenters. The molecular formula is C20H36ClFN4. The number of nitrogens with one attached hydrogen (secondary N) is 2. The second kappa shape index (κ2) is 9.04. The Kier molecular flexibility index (Phi) is 6.74. The van der Waals surface area contributed by atoms with Gasteiger partial charge in [-0.25, -0.2) is 4.39 Å². The molecule has 2 N–H and O–H groups in total. The van der Waals surface area contributed by atoms with E-state index in [0.717, 1.165) is 32.2 Å². The Hall–Kier alpha value is 0.0600. The summed E-state index contributed by atoms with van der Waals surface area (Å²) in [4.78, 5) is 5.35. The van der Waals surface area contributed by atoms with Crippen LogP contribution in [0.4, 0.5) is 4.39 Å². The number of alkyl halides is 2. The maximum absolute atomic E-state index is 13.5. The molecule has 4 rings (SSSR count). The summed E-state index contributed by atoms with van der Waals surface area (Å²) < 4.78 is 13.5. The Labute approximate surface area is 163 Å². The lowest BCUT2D eigenvalue weighted by molar-refractivity contribution is 0.0669. The first kappa shape index (κ1) is 19.4. The molecule has 2 aliphatic heterocycles. The van der Waals surface area contributed by atoms with Crippen molar-refractivity contribution in [3.05, 3.63) is 0 Å². The fourth-order valence-electron chi connectivity index (χ4n) is 5.75. The molecule has 2 saturated heterocycles. The molecule has 0 amide bonds. The normalized spacial score (nSPS) is 43.6. The highest BCUT2D eigenvalue weighted by molar-refractivity contribution is 6.20. The molecule has 2 saturated carbocycles. The molecule has 0 aromatic carbocycles. The zero-order chi connectivity index (χ0) is 17.9. The van der Waals surface area contributed by atoms with Crippen LogP contribution in [0.5, 0.6) is 0 Å². The van der Waals surface area contributed by atoms with Gasteiger partial charge in [-0.2, -0.15) is 0 Å². The number of piperazine rings is 1. The van der Waals surface area contributed by atoms with E-state index < -0.39 is 6.17 Å². The fraction of sp³-hybridized carbons (Fsp3) is 1.00. The van der Waals surface area contributed by atoms with Gasteiger partial charge in [0.25, 0.3) is 0 Å². The molecule has 4 unspecified atom stereocenters. The van der Waals surface area contributed by atoms with Gasteiger partial charge >= 0.3 is 0 Å². The summed E-state index contributed by atoms with van der Waals surface area (Å²) in [6.45, 7) is 6.99. The summed E-state index contributed by atoms with van der Waals surface area (Å²) in [6.07, 6.45) is 8.06. The second-order valence-electron chi connectivity index (χ2n) is 9.08. The molecule has 0 radical (unpaired) electrons. The van der Waals surface area contributed by atoms with E-state index in [-0.39, 0.29) is 0 Å². The lowest BCUT2D eigenvalue weighted by Crippen LogP contribution is -2.53. The molecule has 4 nitrogen and oxygen atoms in total. The minimum Gasteiger partial charge on any atom is -0.300 e. The zero-order valence-corrected chi connectivity index (χ0v) is 16.8. The topological polar surface area (TPSA) is 30.5 Å².